The van der Waals surface area contributed by atoms with Crippen LogP contribution in [0, 0.1) is 24.2 Å². The maximum atomic E-state index is 12.3. The highest BCUT2D eigenvalue weighted by Crippen LogP contribution is 2.23. The van der Waals surface area contributed by atoms with Gasteiger partial charge in [0.05, 0.1) is 11.8 Å². The van der Waals surface area contributed by atoms with E-state index in [-0.39, 0.29) is 28.6 Å². The van der Waals surface area contributed by atoms with E-state index in [0.717, 1.165) is 17.3 Å². The van der Waals surface area contributed by atoms with Crippen LogP contribution in [0.1, 0.15) is 36.7 Å². The third-order valence-electron chi connectivity index (χ3n) is 3.68. The first-order valence-electron chi connectivity index (χ1n) is 7.90. The number of carbonyl (C=O) groups excluding carboxylic acids is 1. The van der Waals surface area contributed by atoms with Crippen molar-refractivity contribution in [1.29, 1.82) is 5.26 Å². The van der Waals surface area contributed by atoms with Gasteiger partial charge < -0.3 is 10.3 Å². The van der Waals surface area contributed by atoms with Crippen molar-refractivity contribution in [3.8, 4) is 6.07 Å². The van der Waals surface area contributed by atoms with Crippen molar-refractivity contribution in [2.45, 2.75) is 31.8 Å². The van der Waals surface area contributed by atoms with Crippen LogP contribution < -0.4 is 11.0 Å². The zero-order chi connectivity index (χ0) is 18.4. The molecule has 0 bridgehead atoms. The minimum atomic E-state index is -0.524. The van der Waals surface area contributed by atoms with Crippen LogP contribution in [0.25, 0.3) is 0 Å². The summed E-state index contributed by atoms with van der Waals surface area (Å²) in [6.45, 7) is 5.72. The summed E-state index contributed by atoms with van der Waals surface area (Å²) in [5.41, 5.74) is 1.26. The van der Waals surface area contributed by atoms with Crippen LogP contribution in [0.4, 0.5) is 0 Å². The lowest BCUT2D eigenvalue weighted by molar-refractivity contribution is -0.119. The molecule has 1 amide bonds. The molecular formula is C18H20N4O2S. The molecule has 0 aliphatic carbocycles. The van der Waals surface area contributed by atoms with Crippen molar-refractivity contribution >= 4 is 17.7 Å². The summed E-state index contributed by atoms with van der Waals surface area (Å²) in [6, 6.07) is 11.7. The molecule has 0 spiro atoms. The van der Waals surface area contributed by atoms with Gasteiger partial charge in [-0.3, -0.25) is 4.79 Å². The Morgan fingerprint density at radius 3 is 2.64 bits per heavy atom. The number of H-pyrrole nitrogens is 1. The van der Waals surface area contributed by atoms with Gasteiger partial charge in [0.25, 0.3) is 0 Å². The third-order valence-corrected chi connectivity index (χ3v) is 4.66. The van der Waals surface area contributed by atoms with Crippen LogP contribution in [0.2, 0.25) is 0 Å². The topological polar surface area (TPSA) is 98.6 Å². The molecule has 1 unspecified atom stereocenters. The van der Waals surface area contributed by atoms with Crippen molar-refractivity contribution in [3.05, 3.63) is 57.6 Å². The molecule has 0 saturated heterocycles. The van der Waals surface area contributed by atoms with Gasteiger partial charge in [0.2, 0.25) is 5.91 Å². The number of thioether (sulfide) groups is 1. The number of aryl methyl sites for hydroxylation is 1. The van der Waals surface area contributed by atoms with Crippen molar-refractivity contribution < 1.29 is 4.79 Å². The smallest absolute Gasteiger partial charge is 0.346 e. The van der Waals surface area contributed by atoms with Gasteiger partial charge in [0.1, 0.15) is 16.7 Å². The molecule has 6 nitrogen and oxygen atoms in total. The minimum absolute atomic E-state index is 0.0840. The van der Waals surface area contributed by atoms with E-state index in [4.69, 9.17) is 0 Å². The second kappa shape index (κ2) is 8.49. The molecule has 1 heterocycles. The molecule has 7 heteroatoms. The molecule has 2 aromatic rings. The molecule has 0 saturated carbocycles. The standard InChI is InChI=1S/C18H20N4O2S/c1-11(2)16(13-7-5-4-6-8-13)21-15(23)10-25-17-14(9-19)12(3)20-18(24)22-17/h4-8,11,16H,10H2,1-3H3,(H,21,23)(H,20,22,24). The van der Waals surface area contributed by atoms with Gasteiger partial charge in [-0.1, -0.05) is 55.9 Å². The highest BCUT2D eigenvalue weighted by atomic mass is 32.2. The Morgan fingerprint density at radius 1 is 1.36 bits per heavy atom. The van der Waals surface area contributed by atoms with Crippen molar-refractivity contribution in [3.63, 3.8) is 0 Å². The lowest BCUT2D eigenvalue weighted by atomic mass is 9.96. The summed E-state index contributed by atoms with van der Waals surface area (Å²) in [5.74, 6) is 0.141. The first kappa shape index (κ1) is 18.7. The van der Waals surface area contributed by atoms with Crippen LogP contribution in [0.15, 0.2) is 40.2 Å². The van der Waals surface area contributed by atoms with Gasteiger partial charge in [-0.2, -0.15) is 10.2 Å². The Labute approximate surface area is 150 Å². The molecule has 0 aliphatic heterocycles. The first-order chi connectivity index (χ1) is 11.9. The molecule has 2 N–H and O–H groups in total. The Balaban J connectivity index is 2.08. The molecule has 2 rings (SSSR count). The first-order valence-corrected chi connectivity index (χ1v) is 8.89. The van der Waals surface area contributed by atoms with Crippen LogP contribution in [-0.4, -0.2) is 21.6 Å². The molecule has 1 atom stereocenters. The summed E-state index contributed by atoms with van der Waals surface area (Å²) >= 11 is 1.09. The van der Waals surface area contributed by atoms with E-state index in [2.05, 4.69) is 15.3 Å². The molecule has 0 fully saturated rings. The molecule has 130 valence electrons. The Hall–Kier alpha value is -2.59. The van der Waals surface area contributed by atoms with E-state index < -0.39 is 5.69 Å². The number of nitriles is 1. The predicted octanol–water partition coefficient (Wildman–Crippen LogP) is 2.56. The quantitative estimate of drug-likeness (QED) is 0.612. The Morgan fingerprint density at radius 2 is 2.04 bits per heavy atom. The average Bonchev–Trinajstić information content (AvgIpc) is 2.58. The number of carbonyl (C=O) groups is 1. The van der Waals surface area contributed by atoms with Crippen LogP contribution >= 0.6 is 11.8 Å². The zero-order valence-corrected chi connectivity index (χ0v) is 15.2. The summed E-state index contributed by atoms with van der Waals surface area (Å²) in [6.07, 6.45) is 0. The normalized spacial score (nSPS) is 11.8. The van der Waals surface area contributed by atoms with Crippen LogP contribution in [-0.2, 0) is 4.79 Å². The van der Waals surface area contributed by atoms with E-state index in [1.54, 1.807) is 6.92 Å². The number of amides is 1. The van der Waals surface area contributed by atoms with Gasteiger partial charge in [-0.25, -0.2) is 4.79 Å². The molecule has 0 radical (unpaired) electrons. The summed E-state index contributed by atoms with van der Waals surface area (Å²) < 4.78 is 0. The molecule has 1 aromatic heterocycles. The van der Waals surface area contributed by atoms with Crippen molar-refractivity contribution in [2.24, 2.45) is 5.92 Å². The summed E-state index contributed by atoms with van der Waals surface area (Å²) in [7, 11) is 0. The number of nitrogens with zero attached hydrogens (tertiary/aromatic N) is 2. The van der Waals surface area contributed by atoms with E-state index in [1.165, 1.54) is 0 Å². The average molecular weight is 356 g/mol. The SMILES string of the molecule is Cc1[nH]c(=O)nc(SCC(=O)NC(c2ccccc2)C(C)C)c1C#N. The molecule has 25 heavy (non-hydrogen) atoms. The highest BCUT2D eigenvalue weighted by molar-refractivity contribution is 8.00. The van der Waals surface area contributed by atoms with Gasteiger partial charge in [-0.05, 0) is 18.4 Å². The molecule has 0 aliphatic rings. The van der Waals surface area contributed by atoms with E-state index >= 15 is 0 Å². The monoisotopic (exact) mass is 356 g/mol. The Kier molecular flexibility index (Phi) is 6.37. The summed E-state index contributed by atoms with van der Waals surface area (Å²) in [4.78, 5) is 30.1. The fraction of sp³-hybridized carbons (Fsp3) is 0.333. The number of hydrogen-bond acceptors (Lipinski definition) is 5. The van der Waals surface area contributed by atoms with Crippen LogP contribution in [0.5, 0.6) is 0 Å². The zero-order valence-electron chi connectivity index (χ0n) is 14.4. The van der Waals surface area contributed by atoms with Gasteiger partial charge >= 0.3 is 5.69 Å². The van der Waals surface area contributed by atoms with Gasteiger partial charge in [0.15, 0.2) is 0 Å². The third kappa shape index (κ3) is 4.94. The maximum absolute atomic E-state index is 12.3. The number of aromatic amines is 1. The van der Waals surface area contributed by atoms with Crippen molar-refractivity contribution in [2.75, 3.05) is 5.75 Å². The second-order valence-electron chi connectivity index (χ2n) is 5.95. The summed E-state index contributed by atoms with van der Waals surface area (Å²) in [5, 5.41) is 12.5. The highest BCUT2D eigenvalue weighted by Gasteiger charge is 2.19. The number of benzene rings is 1. The lowest BCUT2D eigenvalue weighted by Gasteiger charge is -2.22. The number of aromatic nitrogens is 2. The predicted molar refractivity (Wildman–Crippen MR) is 97.2 cm³/mol. The fourth-order valence-corrected chi connectivity index (χ4v) is 3.28. The van der Waals surface area contributed by atoms with Crippen molar-refractivity contribution in [1.82, 2.24) is 15.3 Å². The van der Waals surface area contributed by atoms with E-state index in [0.29, 0.717) is 11.3 Å². The minimum Gasteiger partial charge on any atom is -0.348 e. The van der Waals surface area contributed by atoms with E-state index in [9.17, 15) is 14.9 Å². The lowest BCUT2D eigenvalue weighted by Crippen LogP contribution is -2.33. The largest absolute Gasteiger partial charge is 0.348 e. The number of nitrogens with one attached hydrogen (secondary N) is 2. The van der Waals surface area contributed by atoms with Gasteiger partial charge in [-0.15, -0.1) is 0 Å². The van der Waals surface area contributed by atoms with Crippen LogP contribution in [0.3, 0.4) is 0 Å². The number of hydrogen-bond donors (Lipinski definition) is 2. The van der Waals surface area contributed by atoms with E-state index in [1.807, 2.05) is 50.2 Å². The molecular weight excluding hydrogens is 336 g/mol. The second-order valence-corrected chi connectivity index (χ2v) is 6.91. The molecule has 1 aromatic carbocycles. The van der Waals surface area contributed by atoms with Gasteiger partial charge in [0, 0.05) is 5.69 Å². The maximum Gasteiger partial charge on any atom is 0.346 e. The number of rotatable bonds is 6. The fourth-order valence-electron chi connectivity index (χ4n) is 2.44. The Bertz CT molecular complexity index is 840.